The van der Waals surface area contributed by atoms with Crippen molar-refractivity contribution >= 4 is 57.3 Å². The number of thiazole rings is 1. The van der Waals surface area contributed by atoms with Crippen LogP contribution >= 0.6 is 46.3 Å². The van der Waals surface area contributed by atoms with E-state index in [4.69, 9.17) is 23.2 Å². The highest BCUT2D eigenvalue weighted by molar-refractivity contribution is 7.98. The van der Waals surface area contributed by atoms with E-state index in [0.29, 0.717) is 31.9 Å². The minimum absolute atomic E-state index is 0.142. The minimum atomic E-state index is -0.142. The molecule has 4 rings (SSSR count). The number of halogens is 2. The lowest BCUT2D eigenvalue weighted by Gasteiger charge is -2.11. The molecule has 0 spiro atoms. The average molecular weight is 476 g/mol. The molecule has 0 unspecified atom stereocenters. The van der Waals surface area contributed by atoms with Gasteiger partial charge in [-0.1, -0.05) is 53.2 Å². The molecule has 0 radical (unpaired) electrons. The van der Waals surface area contributed by atoms with Gasteiger partial charge in [0, 0.05) is 34.3 Å². The highest BCUT2D eigenvalue weighted by Gasteiger charge is 2.19. The predicted octanol–water partition coefficient (Wildman–Crippen LogP) is 5.95. The number of hydrogen-bond donors (Lipinski definition) is 1. The molecule has 1 amide bonds. The Morgan fingerprint density at radius 1 is 1.17 bits per heavy atom. The SMILES string of the molecule is CC(=O)Nc1nc(CSc2nnc(-c3ccc(Cl)cc3Cl)n2-c2ccccc2)cs1. The molecule has 0 fully saturated rings. The third-order valence-corrected chi connectivity index (χ3v) is 6.32. The van der Waals surface area contributed by atoms with E-state index >= 15 is 0 Å². The summed E-state index contributed by atoms with van der Waals surface area (Å²) in [5, 5.41) is 15.8. The lowest BCUT2D eigenvalue weighted by molar-refractivity contribution is -0.114. The molecule has 30 heavy (non-hydrogen) atoms. The lowest BCUT2D eigenvalue weighted by atomic mass is 10.2. The van der Waals surface area contributed by atoms with E-state index in [1.807, 2.05) is 46.3 Å². The van der Waals surface area contributed by atoms with Crippen LogP contribution in [0.25, 0.3) is 17.1 Å². The standard InChI is InChI=1S/C20H15Cl2N5OS2/c1-12(28)23-19-24-14(10-29-19)11-30-20-26-25-18(16-8-7-13(21)9-17(16)22)27(20)15-5-3-2-4-6-15/h2-10H,11H2,1H3,(H,23,24,28). The molecule has 2 heterocycles. The second-order valence-electron chi connectivity index (χ2n) is 6.22. The number of carbonyl (C=O) groups is 1. The summed E-state index contributed by atoms with van der Waals surface area (Å²) in [7, 11) is 0. The number of rotatable bonds is 6. The highest BCUT2D eigenvalue weighted by atomic mass is 35.5. The number of benzene rings is 2. The van der Waals surface area contributed by atoms with Crippen LogP contribution in [0.4, 0.5) is 5.13 Å². The maximum Gasteiger partial charge on any atom is 0.223 e. The number of aromatic nitrogens is 4. The third-order valence-electron chi connectivity index (χ3n) is 4.00. The Labute approximate surface area is 191 Å². The van der Waals surface area contributed by atoms with E-state index in [0.717, 1.165) is 16.9 Å². The maximum absolute atomic E-state index is 11.2. The predicted molar refractivity (Wildman–Crippen MR) is 123 cm³/mol. The number of amides is 1. The second kappa shape index (κ2) is 9.18. The Hall–Kier alpha value is -2.39. The molecule has 6 nitrogen and oxygen atoms in total. The molecule has 0 aliphatic heterocycles. The number of nitrogens with one attached hydrogen (secondary N) is 1. The fraction of sp³-hybridized carbons (Fsp3) is 0.100. The van der Waals surface area contributed by atoms with Crippen LogP contribution < -0.4 is 5.32 Å². The molecule has 2 aromatic heterocycles. The zero-order valence-electron chi connectivity index (χ0n) is 15.7. The van der Waals surface area contributed by atoms with Crippen LogP contribution in [0.1, 0.15) is 12.6 Å². The van der Waals surface area contributed by atoms with Gasteiger partial charge in [0.2, 0.25) is 5.91 Å². The van der Waals surface area contributed by atoms with E-state index in [2.05, 4.69) is 20.5 Å². The fourth-order valence-electron chi connectivity index (χ4n) is 2.74. The van der Waals surface area contributed by atoms with Crippen LogP contribution in [0, 0.1) is 0 Å². The first-order chi connectivity index (χ1) is 14.5. The monoisotopic (exact) mass is 475 g/mol. The van der Waals surface area contributed by atoms with Crippen molar-refractivity contribution < 1.29 is 4.79 Å². The van der Waals surface area contributed by atoms with Crippen molar-refractivity contribution in [1.82, 2.24) is 19.7 Å². The Morgan fingerprint density at radius 2 is 1.97 bits per heavy atom. The van der Waals surface area contributed by atoms with Crippen LogP contribution in [0.2, 0.25) is 10.0 Å². The zero-order chi connectivity index (χ0) is 21.1. The first kappa shape index (κ1) is 20.9. The van der Waals surface area contributed by atoms with Crippen molar-refractivity contribution in [3.05, 3.63) is 69.7 Å². The van der Waals surface area contributed by atoms with Gasteiger partial charge < -0.3 is 5.32 Å². The molecule has 0 bridgehead atoms. The highest BCUT2D eigenvalue weighted by Crippen LogP contribution is 2.34. The molecule has 0 aliphatic rings. The molecular weight excluding hydrogens is 461 g/mol. The van der Waals surface area contributed by atoms with Crippen molar-refractivity contribution in [1.29, 1.82) is 0 Å². The van der Waals surface area contributed by atoms with Gasteiger partial charge in [0.1, 0.15) is 0 Å². The normalized spacial score (nSPS) is 10.9. The lowest BCUT2D eigenvalue weighted by Crippen LogP contribution is -2.05. The summed E-state index contributed by atoms with van der Waals surface area (Å²) in [5.41, 5.74) is 2.51. The first-order valence-electron chi connectivity index (χ1n) is 8.82. The molecule has 10 heteroatoms. The molecule has 1 N–H and O–H groups in total. The van der Waals surface area contributed by atoms with Crippen molar-refractivity contribution in [3.63, 3.8) is 0 Å². The molecule has 0 saturated carbocycles. The third kappa shape index (κ3) is 4.67. The number of hydrogen-bond acceptors (Lipinski definition) is 6. The molecular formula is C20H15Cl2N5OS2. The summed E-state index contributed by atoms with van der Waals surface area (Å²) < 4.78 is 1.96. The number of carbonyl (C=O) groups excluding carboxylic acids is 1. The van der Waals surface area contributed by atoms with E-state index in [1.165, 1.54) is 30.0 Å². The maximum atomic E-state index is 11.2. The van der Waals surface area contributed by atoms with Crippen molar-refractivity contribution in [2.45, 2.75) is 17.8 Å². The van der Waals surface area contributed by atoms with Gasteiger partial charge in [0.05, 0.1) is 10.7 Å². The summed E-state index contributed by atoms with van der Waals surface area (Å²) in [6.45, 7) is 1.46. The summed E-state index contributed by atoms with van der Waals surface area (Å²) >= 11 is 15.4. The zero-order valence-corrected chi connectivity index (χ0v) is 18.8. The molecule has 4 aromatic rings. The van der Waals surface area contributed by atoms with E-state index in [1.54, 1.807) is 12.1 Å². The summed E-state index contributed by atoms with van der Waals surface area (Å²) in [5.74, 6) is 1.06. The smallest absolute Gasteiger partial charge is 0.223 e. The van der Waals surface area contributed by atoms with Crippen molar-refractivity contribution in [2.24, 2.45) is 0 Å². The summed E-state index contributed by atoms with van der Waals surface area (Å²) in [6.07, 6.45) is 0. The van der Waals surface area contributed by atoms with Crippen LogP contribution in [0.15, 0.2) is 59.1 Å². The second-order valence-corrected chi connectivity index (χ2v) is 8.86. The number of thioether (sulfide) groups is 1. The molecule has 0 atom stereocenters. The van der Waals surface area contributed by atoms with Gasteiger partial charge >= 0.3 is 0 Å². The van der Waals surface area contributed by atoms with Gasteiger partial charge in [-0.3, -0.25) is 9.36 Å². The van der Waals surface area contributed by atoms with Crippen LogP contribution in [0.5, 0.6) is 0 Å². The van der Waals surface area contributed by atoms with Crippen molar-refractivity contribution in [2.75, 3.05) is 5.32 Å². The first-order valence-corrected chi connectivity index (χ1v) is 11.4. The Kier molecular flexibility index (Phi) is 6.38. The Morgan fingerprint density at radius 3 is 2.70 bits per heavy atom. The van der Waals surface area contributed by atoms with Crippen LogP contribution in [-0.2, 0) is 10.5 Å². The Bertz CT molecular complexity index is 1190. The Balaban J connectivity index is 1.67. The van der Waals surface area contributed by atoms with Gasteiger partial charge in [-0.2, -0.15) is 0 Å². The van der Waals surface area contributed by atoms with E-state index in [9.17, 15) is 4.79 Å². The average Bonchev–Trinajstić information content (AvgIpc) is 3.33. The molecule has 152 valence electrons. The molecule has 0 aliphatic carbocycles. The quantitative estimate of drug-likeness (QED) is 0.348. The number of nitrogens with zero attached hydrogens (tertiary/aromatic N) is 4. The van der Waals surface area contributed by atoms with Crippen molar-refractivity contribution in [3.8, 4) is 17.1 Å². The van der Waals surface area contributed by atoms with Gasteiger partial charge in [-0.05, 0) is 30.3 Å². The largest absolute Gasteiger partial charge is 0.302 e. The van der Waals surface area contributed by atoms with Gasteiger partial charge in [0.25, 0.3) is 0 Å². The minimum Gasteiger partial charge on any atom is -0.302 e. The fourth-order valence-corrected chi connectivity index (χ4v) is 4.94. The summed E-state index contributed by atoms with van der Waals surface area (Å²) in [6, 6.07) is 15.1. The summed E-state index contributed by atoms with van der Waals surface area (Å²) in [4.78, 5) is 15.6. The molecule has 0 saturated heterocycles. The van der Waals surface area contributed by atoms with Crippen LogP contribution in [-0.4, -0.2) is 25.7 Å². The number of para-hydroxylation sites is 1. The van der Waals surface area contributed by atoms with Gasteiger partial charge in [-0.25, -0.2) is 4.98 Å². The van der Waals surface area contributed by atoms with E-state index in [-0.39, 0.29) is 5.91 Å². The van der Waals surface area contributed by atoms with E-state index < -0.39 is 0 Å². The number of anilines is 1. The topological polar surface area (TPSA) is 72.7 Å². The van der Waals surface area contributed by atoms with Crippen LogP contribution in [0.3, 0.4) is 0 Å². The van der Waals surface area contributed by atoms with Gasteiger partial charge in [0.15, 0.2) is 16.1 Å². The molecule has 2 aromatic carbocycles. The van der Waals surface area contributed by atoms with Gasteiger partial charge in [-0.15, -0.1) is 21.5 Å².